The summed E-state index contributed by atoms with van der Waals surface area (Å²) in [7, 11) is -3.59. The summed E-state index contributed by atoms with van der Waals surface area (Å²) in [6, 6.07) is 11.1. The second-order valence-corrected chi connectivity index (χ2v) is 10.9. The van der Waals surface area contributed by atoms with Gasteiger partial charge in [-0.1, -0.05) is 20.3 Å². The largest absolute Gasteiger partial charge is 0.482 e. The maximum absolute atomic E-state index is 12.9. The van der Waals surface area contributed by atoms with E-state index in [4.69, 9.17) is 4.74 Å². The van der Waals surface area contributed by atoms with Crippen molar-refractivity contribution in [3.05, 3.63) is 48.0 Å². The van der Waals surface area contributed by atoms with Crippen LogP contribution in [0.2, 0.25) is 0 Å². The van der Waals surface area contributed by atoms with Crippen molar-refractivity contribution in [2.24, 2.45) is 0 Å². The van der Waals surface area contributed by atoms with Crippen molar-refractivity contribution in [3.63, 3.8) is 0 Å². The standard InChI is InChI=1S/C26H34N4O5S/c1-3-29(4-2)36(33,34)22-11-8-20(9-12-22)26(32)27-21-10-13-24-23(18-21)30(25(31)19-35-24)17-16-28-14-6-5-7-15-28/h8-13,18H,3-7,14-17,19H2,1-2H3,(H,27,32). The van der Waals surface area contributed by atoms with Crippen LogP contribution in [-0.2, 0) is 14.8 Å². The zero-order valence-electron chi connectivity index (χ0n) is 20.9. The Balaban J connectivity index is 1.47. The van der Waals surface area contributed by atoms with Gasteiger partial charge in [-0.15, -0.1) is 0 Å². The average molecular weight is 515 g/mol. The molecule has 1 fully saturated rings. The van der Waals surface area contributed by atoms with Crippen molar-refractivity contribution in [3.8, 4) is 5.75 Å². The highest BCUT2D eigenvalue weighted by atomic mass is 32.2. The Bertz CT molecular complexity index is 1190. The van der Waals surface area contributed by atoms with E-state index < -0.39 is 10.0 Å². The van der Waals surface area contributed by atoms with E-state index in [9.17, 15) is 18.0 Å². The molecule has 1 saturated heterocycles. The third kappa shape index (κ3) is 5.71. The lowest BCUT2D eigenvalue weighted by Gasteiger charge is -2.33. The first-order chi connectivity index (χ1) is 17.3. The van der Waals surface area contributed by atoms with Crippen LogP contribution in [-0.4, -0.2) is 75.3 Å². The van der Waals surface area contributed by atoms with E-state index in [0.29, 0.717) is 42.3 Å². The van der Waals surface area contributed by atoms with Crippen molar-refractivity contribution in [2.45, 2.75) is 38.0 Å². The van der Waals surface area contributed by atoms with Crippen molar-refractivity contribution in [1.29, 1.82) is 0 Å². The molecule has 0 aliphatic carbocycles. The Morgan fingerprint density at radius 3 is 2.36 bits per heavy atom. The molecule has 2 aromatic rings. The Labute approximate surface area is 213 Å². The number of likely N-dealkylation sites (tertiary alicyclic amines) is 1. The van der Waals surface area contributed by atoms with E-state index in [1.54, 1.807) is 36.9 Å². The third-order valence-corrected chi connectivity index (χ3v) is 8.77. The van der Waals surface area contributed by atoms with Gasteiger partial charge in [-0.05, 0) is 68.4 Å². The van der Waals surface area contributed by atoms with E-state index in [-0.39, 0.29) is 23.3 Å². The lowest BCUT2D eigenvalue weighted by molar-refractivity contribution is -0.121. The van der Waals surface area contributed by atoms with Crippen molar-refractivity contribution < 1.29 is 22.7 Å². The maximum Gasteiger partial charge on any atom is 0.265 e. The number of carbonyl (C=O) groups excluding carboxylic acids is 2. The number of anilines is 2. The van der Waals surface area contributed by atoms with Gasteiger partial charge >= 0.3 is 0 Å². The molecule has 0 aromatic heterocycles. The SMILES string of the molecule is CCN(CC)S(=O)(=O)c1ccc(C(=O)Nc2ccc3c(c2)N(CCN2CCCCC2)C(=O)CO3)cc1. The zero-order valence-corrected chi connectivity index (χ0v) is 21.7. The van der Waals surface area contributed by atoms with Crippen molar-refractivity contribution >= 4 is 33.2 Å². The van der Waals surface area contributed by atoms with E-state index in [1.165, 1.54) is 47.8 Å². The van der Waals surface area contributed by atoms with Crippen LogP contribution in [0.1, 0.15) is 43.5 Å². The predicted octanol–water partition coefficient (Wildman–Crippen LogP) is 3.18. The Morgan fingerprint density at radius 1 is 1.00 bits per heavy atom. The average Bonchev–Trinajstić information content (AvgIpc) is 2.89. The van der Waals surface area contributed by atoms with Gasteiger partial charge in [0, 0.05) is 37.4 Å². The van der Waals surface area contributed by atoms with Gasteiger partial charge in [0.25, 0.3) is 11.8 Å². The molecular weight excluding hydrogens is 480 g/mol. The predicted molar refractivity (Wildman–Crippen MR) is 139 cm³/mol. The highest BCUT2D eigenvalue weighted by Gasteiger charge is 2.27. The quantitative estimate of drug-likeness (QED) is 0.552. The summed E-state index contributed by atoms with van der Waals surface area (Å²) in [4.78, 5) is 29.8. The van der Waals surface area contributed by atoms with Gasteiger partial charge in [-0.25, -0.2) is 8.42 Å². The molecule has 2 aromatic carbocycles. The zero-order chi connectivity index (χ0) is 25.7. The van der Waals surface area contributed by atoms with Crippen LogP contribution in [0.15, 0.2) is 47.4 Å². The van der Waals surface area contributed by atoms with E-state index >= 15 is 0 Å². The topological polar surface area (TPSA) is 99.3 Å². The molecule has 0 radical (unpaired) electrons. The molecule has 4 rings (SSSR count). The monoisotopic (exact) mass is 514 g/mol. The second-order valence-electron chi connectivity index (χ2n) is 8.99. The molecule has 0 unspecified atom stereocenters. The summed E-state index contributed by atoms with van der Waals surface area (Å²) in [6.45, 7) is 7.79. The minimum Gasteiger partial charge on any atom is -0.482 e. The molecule has 10 heteroatoms. The number of hydrogen-bond donors (Lipinski definition) is 1. The minimum absolute atomic E-state index is 0.00144. The summed E-state index contributed by atoms with van der Waals surface area (Å²) in [5.74, 6) is 0.134. The smallest absolute Gasteiger partial charge is 0.265 e. The molecule has 2 aliphatic heterocycles. The maximum atomic E-state index is 12.9. The normalized spacial score (nSPS) is 16.5. The first-order valence-corrected chi connectivity index (χ1v) is 14.0. The highest BCUT2D eigenvalue weighted by molar-refractivity contribution is 7.89. The molecule has 0 spiro atoms. The molecule has 0 atom stereocenters. The lowest BCUT2D eigenvalue weighted by atomic mass is 10.1. The van der Waals surface area contributed by atoms with Crippen molar-refractivity contribution in [1.82, 2.24) is 9.21 Å². The fraction of sp³-hybridized carbons (Fsp3) is 0.462. The number of nitrogens with one attached hydrogen (secondary N) is 1. The van der Waals surface area contributed by atoms with Crippen LogP contribution in [0.5, 0.6) is 5.75 Å². The number of carbonyl (C=O) groups is 2. The summed E-state index contributed by atoms with van der Waals surface area (Å²) in [5.41, 5.74) is 1.50. The van der Waals surface area contributed by atoms with Gasteiger partial charge in [0.1, 0.15) is 5.75 Å². The number of nitrogens with zero attached hydrogens (tertiary/aromatic N) is 3. The molecule has 194 valence electrons. The summed E-state index contributed by atoms with van der Waals surface area (Å²) < 4.78 is 32.4. The van der Waals surface area contributed by atoms with Gasteiger partial charge in [0.2, 0.25) is 10.0 Å². The Hall–Kier alpha value is -2.95. The summed E-state index contributed by atoms with van der Waals surface area (Å²) in [6.07, 6.45) is 3.63. The van der Waals surface area contributed by atoms with Gasteiger partial charge < -0.3 is 19.9 Å². The minimum atomic E-state index is -3.59. The molecule has 1 N–H and O–H groups in total. The van der Waals surface area contributed by atoms with Gasteiger partial charge in [-0.3, -0.25) is 9.59 Å². The van der Waals surface area contributed by atoms with Crippen LogP contribution in [0.3, 0.4) is 0 Å². The Morgan fingerprint density at radius 2 is 1.69 bits per heavy atom. The van der Waals surface area contributed by atoms with Crippen LogP contribution < -0.4 is 15.0 Å². The molecule has 2 amide bonds. The van der Waals surface area contributed by atoms with Crippen molar-refractivity contribution in [2.75, 3.05) is 56.1 Å². The van der Waals surface area contributed by atoms with Gasteiger partial charge in [-0.2, -0.15) is 4.31 Å². The molecule has 0 saturated carbocycles. The number of piperidine rings is 1. The number of sulfonamides is 1. The highest BCUT2D eigenvalue weighted by Crippen LogP contribution is 2.34. The fourth-order valence-electron chi connectivity index (χ4n) is 4.64. The first-order valence-electron chi connectivity index (χ1n) is 12.5. The molecule has 2 heterocycles. The molecule has 0 bridgehead atoms. The number of benzene rings is 2. The van der Waals surface area contributed by atoms with E-state index in [0.717, 1.165) is 19.6 Å². The summed E-state index contributed by atoms with van der Waals surface area (Å²) >= 11 is 0. The number of fused-ring (bicyclic) bond motifs is 1. The van der Waals surface area contributed by atoms with Crippen LogP contribution in [0.4, 0.5) is 11.4 Å². The number of hydrogen-bond acceptors (Lipinski definition) is 6. The second kappa shape index (κ2) is 11.4. The molecular formula is C26H34N4O5S. The third-order valence-electron chi connectivity index (χ3n) is 6.71. The fourth-order valence-corrected chi connectivity index (χ4v) is 6.10. The molecule has 36 heavy (non-hydrogen) atoms. The number of ether oxygens (including phenoxy) is 1. The van der Waals surface area contributed by atoms with E-state index in [1.807, 2.05) is 0 Å². The van der Waals surface area contributed by atoms with Crippen LogP contribution in [0.25, 0.3) is 0 Å². The molecule has 9 nitrogen and oxygen atoms in total. The van der Waals surface area contributed by atoms with Crippen LogP contribution in [0, 0.1) is 0 Å². The first kappa shape index (κ1) is 26.1. The summed E-state index contributed by atoms with van der Waals surface area (Å²) in [5, 5.41) is 2.85. The Kier molecular flexibility index (Phi) is 8.28. The van der Waals surface area contributed by atoms with E-state index in [2.05, 4.69) is 10.2 Å². The van der Waals surface area contributed by atoms with Crippen LogP contribution >= 0.6 is 0 Å². The lowest BCUT2D eigenvalue weighted by Crippen LogP contribution is -2.44. The number of rotatable bonds is 9. The number of amides is 2. The van der Waals surface area contributed by atoms with Gasteiger partial charge in [0.05, 0.1) is 10.6 Å². The van der Waals surface area contributed by atoms with Gasteiger partial charge in [0.15, 0.2) is 6.61 Å². The molecule has 2 aliphatic rings.